The normalized spacial score (nSPS) is 16.2. The van der Waals surface area contributed by atoms with Crippen LogP contribution in [0.15, 0.2) is 91.1 Å². The summed E-state index contributed by atoms with van der Waals surface area (Å²) in [5.41, 5.74) is 1.10. The Hall–Kier alpha value is 0.380. The maximum absolute atomic E-state index is 6.14. The number of hydrogen-bond donors (Lipinski definition) is 0. The Morgan fingerprint density at radius 1 is 0.969 bits per heavy atom. The second kappa shape index (κ2) is 20.7. The van der Waals surface area contributed by atoms with E-state index in [1.165, 1.54) is 6.42 Å². The van der Waals surface area contributed by atoms with E-state index in [1.807, 2.05) is 60.7 Å². The lowest BCUT2D eigenvalue weighted by molar-refractivity contribution is 0.112. The minimum Gasteiger partial charge on any atom is -0.358 e. The summed E-state index contributed by atoms with van der Waals surface area (Å²) >= 11 is 0. The van der Waals surface area contributed by atoms with Crippen LogP contribution in [0.5, 0.6) is 0 Å². The molecule has 9 heteroatoms. The van der Waals surface area contributed by atoms with Crippen LogP contribution >= 0.6 is 52.3 Å². The minimum atomic E-state index is -0.688. The van der Waals surface area contributed by atoms with E-state index in [9.17, 15) is 0 Å². The standard InChI is InChI=1S/C23H36O3P6/c1-2-3-4-12-17-21(24-27)18-13-7-5-6-8-14-19-22(26-32(29)30)23(25-31-28)20-15-10-9-11-16-20/h4-16,18-19,21-23,31H,2-3,17,27-30H2,1H3. The number of unbranched alkanes of at least 4 members (excludes halogenated alkanes) is 1. The molecule has 1 aromatic carbocycles. The van der Waals surface area contributed by atoms with Gasteiger partial charge in [0.15, 0.2) is 0 Å². The Kier molecular flexibility index (Phi) is 19.7. The smallest absolute Gasteiger partial charge is 0.117 e. The Morgan fingerprint density at radius 3 is 2.22 bits per heavy atom. The van der Waals surface area contributed by atoms with E-state index in [0.29, 0.717) is 8.50 Å². The van der Waals surface area contributed by atoms with Crippen LogP contribution in [0.3, 0.4) is 0 Å². The quantitative estimate of drug-likeness (QED) is 0.118. The molecule has 0 N–H and O–H groups in total. The highest BCUT2D eigenvalue weighted by Crippen LogP contribution is 2.56. The van der Waals surface area contributed by atoms with Crippen molar-refractivity contribution in [3.05, 3.63) is 96.7 Å². The van der Waals surface area contributed by atoms with Gasteiger partial charge in [-0.15, -0.1) is 0 Å². The van der Waals surface area contributed by atoms with E-state index in [4.69, 9.17) is 13.6 Å². The van der Waals surface area contributed by atoms with E-state index < -0.39 is 7.53 Å². The van der Waals surface area contributed by atoms with Crippen molar-refractivity contribution >= 4 is 52.3 Å². The molecule has 0 bridgehead atoms. The predicted molar refractivity (Wildman–Crippen MR) is 159 cm³/mol. The molecular weight excluding hydrogens is 510 g/mol. The van der Waals surface area contributed by atoms with E-state index in [1.54, 1.807) is 0 Å². The molecule has 0 fully saturated rings. The average Bonchev–Trinajstić information content (AvgIpc) is 2.80. The van der Waals surface area contributed by atoms with Gasteiger partial charge < -0.3 is 13.6 Å². The van der Waals surface area contributed by atoms with Gasteiger partial charge in [-0.25, -0.2) is 0 Å². The van der Waals surface area contributed by atoms with Gasteiger partial charge in [-0.1, -0.05) is 131 Å². The lowest BCUT2D eigenvalue weighted by atomic mass is 10.0. The monoisotopic (exact) mass is 546 g/mol. The fourth-order valence-corrected chi connectivity index (χ4v) is 5.05. The van der Waals surface area contributed by atoms with Gasteiger partial charge in [-0.3, -0.25) is 0 Å². The van der Waals surface area contributed by atoms with Gasteiger partial charge in [0.1, 0.15) is 12.2 Å². The molecule has 1 aromatic rings. The first-order chi connectivity index (χ1) is 15.6. The summed E-state index contributed by atoms with van der Waals surface area (Å²) in [6.45, 7) is 2.18. The zero-order valence-electron chi connectivity index (χ0n) is 18.5. The molecule has 0 amide bonds. The van der Waals surface area contributed by atoms with Crippen LogP contribution in [0.2, 0.25) is 0 Å². The highest BCUT2D eigenvalue weighted by molar-refractivity contribution is 8.41. The third-order valence-corrected chi connectivity index (χ3v) is 6.58. The molecule has 0 spiro atoms. The maximum Gasteiger partial charge on any atom is 0.117 e. The Bertz CT molecular complexity index is 735. The van der Waals surface area contributed by atoms with Crippen LogP contribution in [0.1, 0.15) is 37.9 Å². The molecule has 0 aliphatic carbocycles. The number of hydrogen-bond acceptors (Lipinski definition) is 3. The van der Waals surface area contributed by atoms with Crippen molar-refractivity contribution in [2.24, 2.45) is 0 Å². The van der Waals surface area contributed by atoms with Gasteiger partial charge in [0, 0.05) is 18.0 Å². The molecule has 0 aliphatic rings. The highest BCUT2D eigenvalue weighted by Gasteiger charge is 2.23. The van der Waals surface area contributed by atoms with Gasteiger partial charge in [0.05, 0.1) is 13.6 Å². The van der Waals surface area contributed by atoms with E-state index in [-0.39, 0.29) is 18.3 Å². The first kappa shape index (κ1) is 30.4. The van der Waals surface area contributed by atoms with Crippen molar-refractivity contribution < 1.29 is 13.6 Å². The topological polar surface area (TPSA) is 27.7 Å². The van der Waals surface area contributed by atoms with Gasteiger partial charge in [-0.2, -0.15) is 0 Å². The van der Waals surface area contributed by atoms with Gasteiger partial charge in [0.2, 0.25) is 0 Å². The molecule has 0 aromatic heterocycles. The van der Waals surface area contributed by atoms with Crippen molar-refractivity contribution in [3.8, 4) is 0 Å². The Morgan fingerprint density at radius 2 is 1.62 bits per heavy atom. The lowest BCUT2D eigenvalue weighted by Gasteiger charge is -2.26. The molecule has 0 aliphatic heterocycles. The largest absolute Gasteiger partial charge is 0.358 e. The third-order valence-electron chi connectivity index (χ3n) is 4.21. The summed E-state index contributed by atoms with van der Waals surface area (Å²) < 4.78 is 17.6. The summed E-state index contributed by atoms with van der Waals surface area (Å²) in [6, 6.07) is 10.2. The molecule has 0 saturated heterocycles. The first-order valence-electron chi connectivity index (χ1n) is 10.4. The maximum atomic E-state index is 6.14. The highest BCUT2D eigenvalue weighted by atomic mass is 32.4. The summed E-state index contributed by atoms with van der Waals surface area (Å²) in [4.78, 5) is 0. The number of allylic oxidation sites excluding steroid dienone is 7. The van der Waals surface area contributed by atoms with Gasteiger partial charge in [0.25, 0.3) is 0 Å². The zero-order chi connectivity index (χ0) is 23.4. The second-order valence-corrected chi connectivity index (χ2v) is 13.9. The zero-order valence-corrected chi connectivity index (χ0v) is 25.0. The molecular formula is C23H36O3P6. The van der Waals surface area contributed by atoms with Crippen LogP contribution in [0.25, 0.3) is 0 Å². The van der Waals surface area contributed by atoms with Crippen LogP contribution in [-0.4, -0.2) is 12.2 Å². The van der Waals surface area contributed by atoms with Crippen molar-refractivity contribution in [3.63, 3.8) is 0 Å². The molecule has 176 valence electrons. The fraction of sp³-hybridized carbons (Fsp3) is 0.304. The van der Waals surface area contributed by atoms with E-state index >= 15 is 0 Å². The first-order valence-corrected chi connectivity index (χ1v) is 18.1. The Balaban J connectivity index is 2.67. The summed E-state index contributed by atoms with van der Waals surface area (Å²) in [7, 11) is 10.0. The molecule has 0 radical (unpaired) electrons. The molecule has 8 unspecified atom stereocenters. The van der Waals surface area contributed by atoms with Crippen LogP contribution in [0, 0.1) is 0 Å². The summed E-state index contributed by atoms with van der Waals surface area (Å²) in [5, 5.41) is 0. The SMILES string of the molecule is CCCC=CCC(C=CC=CC=CC=CC(OP(P)P)C(OPP)c1ccccc1)OP. The number of rotatable bonds is 16. The van der Waals surface area contributed by atoms with Crippen LogP contribution < -0.4 is 0 Å². The minimum absolute atomic E-state index is 0.0700. The summed E-state index contributed by atoms with van der Waals surface area (Å²) in [5.74, 6) is 0. The van der Waals surface area contributed by atoms with Gasteiger partial charge >= 0.3 is 0 Å². The van der Waals surface area contributed by atoms with Crippen molar-refractivity contribution in [2.45, 2.75) is 44.5 Å². The molecule has 3 nitrogen and oxygen atoms in total. The summed E-state index contributed by atoms with van der Waals surface area (Å²) in [6.07, 6.45) is 23.4. The van der Waals surface area contributed by atoms with Crippen LogP contribution in [0.4, 0.5) is 0 Å². The van der Waals surface area contributed by atoms with Crippen molar-refractivity contribution in [1.29, 1.82) is 0 Å². The average molecular weight is 546 g/mol. The fourth-order valence-electron chi connectivity index (χ4n) is 2.69. The van der Waals surface area contributed by atoms with Crippen molar-refractivity contribution in [1.82, 2.24) is 0 Å². The number of benzene rings is 1. The molecule has 0 heterocycles. The predicted octanol–water partition coefficient (Wildman–Crippen LogP) is 8.64. The van der Waals surface area contributed by atoms with Crippen molar-refractivity contribution in [2.75, 3.05) is 0 Å². The molecule has 0 saturated carbocycles. The molecule has 8 atom stereocenters. The van der Waals surface area contributed by atoms with Gasteiger partial charge in [-0.05, 0) is 18.4 Å². The van der Waals surface area contributed by atoms with E-state index in [2.05, 4.69) is 73.5 Å². The molecule has 1 rings (SSSR count). The third kappa shape index (κ3) is 14.6. The Labute approximate surface area is 206 Å². The van der Waals surface area contributed by atoms with Crippen LogP contribution in [-0.2, 0) is 13.6 Å². The second-order valence-electron chi connectivity index (χ2n) is 6.71. The molecule has 32 heavy (non-hydrogen) atoms. The van der Waals surface area contributed by atoms with E-state index in [0.717, 1.165) is 18.4 Å². The lowest BCUT2D eigenvalue weighted by Crippen LogP contribution is -2.18.